The zero-order valence-electron chi connectivity index (χ0n) is 12.7. The number of hydrogen-bond acceptors (Lipinski definition) is 2. The average Bonchev–Trinajstić information content (AvgIpc) is 2.55. The van der Waals surface area contributed by atoms with Gasteiger partial charge < -0.3 is 4.90 Å². The zero-order chi connectivity index (χ0) is 15.4. The third-order valence-corrected chi connectivity index (χ3v) is 4.54. The van der Waals surface area contributed by atoms with Crippen LogP contribution in [-0.4, -0.2) is 34.8 Å². The summed E-state index contributed by atoms with van der Waals surface area (Å²) in [5.41, 5.74) is 2.30. The van der Waals surface area contributed by atoms with E-state index in [0.717, 1.165) is 31.4 Å². The third-order valence-electron chi connectivity index (χ3n) is 4.35. The number of aromatic nitrogens is 1. The van der Waals surface area contributed by atoms with Gasteiger partial charge in [-0.1, -0.05) is 18.2 Å². The van der Waals surface area contributed by atoms with Crippen molar-refractivity contribution in [2.45, 2.75) is 25.7 Å². The van der Waals surface area contributed by atoms with E-state index >= 15 is 0 Å². The van der Waals surface area contributed by atoms with Crippen molar-refractivity contribution in [3.8, 4) is 0 Å². The van der Waals surface area contributed by atoms with Crippen molar-refractivity contribution < 1.29 is 4.79 Å². The smallest absolute Gasteiger partial charge is 0.223 e. The third kappa shape index (κ3) is 3.58. The molecule has 1 aliphatic rings. The first-order valence-corrected chi connectivity index (χ1v) is 8.47. The monoisotopic (exact) mass is 316 g/mol. The van der Waals surface area contributed by atoms with Gasteiger partial charge >= 0.3 is 0 Å². The Morgan fingerprint density at radius 1 is 1.36 bits per heavy atom. The largest absolute Gasteiger partial charge is 0.342 e. The Balaban J connectivity index is 1.67. The van der Waals surface area contributed by atoms with Crippen LogP contribution in [-0.2, 0) is 11.2 Å². The summed E-state index contributed by atoms with van der Waals surface area (Å²) in [6.45, 7) is 1.73. The van der Waals surface area contributed by atoms with E-state index in [0.29, 0.717) is 18.2 Å². The van der Waals surface area contributed by atoms with Crippen LogP contribution < -0.4 is 0 Å². The fourth-order valence-electron chi connectivity index (χ4n) is 3.26. The van der Waals surface area contributed by atoms with Crippen molar-refractivity contribution in [2.75, 3.05) is 19.0 Å². The Morgan fingerprint density at radius 2 is 2.23 bits per heavy atom. The molecular weight excluding hydrogens is 296 g/mol. The van der Waals surface area contributed by atoms with Crippen LogP contribution in [0.25, 0.3) is 10.9 Å². The van der Waals surface area contributed by atoms with Crippen LogP contribution in [0.3, 0.4) is 0 Å². The van der Waals surface area contributed by atoms with E-state index in [1.807, 2.05) is 29.3 Å². The first-order valence-electron chi connectivity index (χ1n) is 7.93. The number of hydrogen-bond donors (Lipinski definition) is 0. The summed E-state index contributed by atoms with van der Waals surface area (Å²) < 4.78 is 0. The Hall–Kier alpha value is -1.61. The van der Waals surface area contributed by atoms with Crippen LogP contribution in [0.2, 0.25) is 0 Å². The highest BCUT2D eigenvalue weighted by Crippen LogP contribution is 2.22. The molecule has 0 aliphatic carbocycles. The highest BCUT2D eigenvalue weighted by Gasteiger charge is 2.23. The van der Waals surface area contributed by atoms with Gasteiger partial charge in [0.2, 0.25) is 5.91 Å². The number of likely N-dealkylation sites (tertiary alicyclic amines) is 1. The predicted molar refractivity (Wildman–Crippen MR) is 90.1 cm³/mol. The van der Waals surface area contributed by atoms with Crippen molar-refractivity contribution in [1.82, 2.24) is 9.88 Å². The van der Waals surface area contributed by atoms with Crippen molar-refractivity contribution in [1.29, 1.82) is 0 Å². The number of para-hydroxylation sites is 1. The number of fused-ring (bicyclic) bond motifs is 1. The normalized spacial score (nSPS) is 18.6. The molecule has 1 atom stereocenters. The fraction of sp³-hybridized carbons (Fsp3) is 0.444. The van der Waals surface area contributed by atoms with Gasteiger partial charge in [0.1, 0.15) is 0 Å². The lowest BCUT2D eigenvalue weighted by atomic mass is 9.91. The zero-order valence-corrected chi connectivity index (χ0v) is 13.4. The number of benzene rings is 1. The van der Waals surface area contributed by atoms with Crippen LogP contribution in [0.5, 0.6) is 0 Å². The molecule has 4 heteroatoms. The lowest BCUT2D eigenvalue weighted by molar-refractivity contribution is -0.132. The minimum absolute atomic E-state index is 0.191. The van der Waals surface area contributed by atoms with E-state index in [4.69, 9.17) is 11.6 Å². The lowest BCUT2D eigenvalue weighted by Crippen LogP contribution is -2.40. The van der Waals surface area contributed by atoms with E-state index in [1.54, 1.807) is 0 Å². The molecule has 2 aromatic rings. The lowest BCUT2D eigenvalue weighted by Gasteiger charge is -2.33. The summed E-state index contributed by atoms with van der Waals surface area (Å²) in [5, 5.41) is 1.19. The maximum atomic E-state index is 12.0. The molecule has 3 rings (SSSR count). The second-order valence-electron chi connectivity index (χ2n) is 6.03. The SMILES string of the molecule is O=C(CCCl)N1CCCC(Cc2cnc3ccccc3c2)C1. The minimum atomic E-state index is 0.191. The van der Waals surface area contributed by atoms with Gasteiger partial charge in [0.15, 0.2) is 0 Å². The molecule has 0 N–H and O–H groups in total. The number of amides is 1. The van der Waals surface area contributed by atoms with E-state index in [1.165, 1.54) is 17.4 Å². The van der Waals surface area contributed by atoms with Gasteiger partial charge in [-0.05, 0) is 42.9 Å². The first-order chi connectivity index (χ1) is 10.8. The van der Waals surface area contributed by atoms with Crippen LogP contribution in [0.4, 0.5) is 0 Å². The van der Waals surface area contributed by atoms with Crippen molar-refractivity contribution in [2.24, 2.45) is 5.92 Å². The Kier molecular flexibility index (Phi) is 4.94. The maximum absolute atomic E-state index is 12.0. The molecule has 1 amide bonds. The predicted octanol–water partition coefficient (Wildman–Crippen LogP) is 3.64. The van der Waals surface area contributed by atoms with E-state index in [9.17, 15) is 4.79 Å². The van der Waals surface area contributed by atoms with Gasteiger partial charge in [-0.3, -0.25) is 9.78 Å². The van der Waals surface area contributed by atoms with Gasteiger partial charge in [0, 0.05) is 37.0 Å². The molecule has 1 saturated heterocycles. The Labute approximate surface area is 136 Å². The van der Waals surface area contributed by atoms with Crippen molar-refractivity contribution in [3.63, 3.8) is 0 Å². The molecule has 1 aliphatic heterocycles. The van der Waals surface area contributed by atoms with Crippen LogP contribution >= 0.6 is 11.6 Å². The molecule has 116 valence electrons. The van der Waals surface area contributed by atoms with Crippen LogP contribution in [0, 0.1) is 5.92 Å². The quantitative estimate of drug-likeness (QED) is 0.807. The van der Waals surface area contributed by atoms with E-state index < -0.39 is 0 Å². The molecule has 1 aromatic carbocycles. The molecule has 0 bridgehead atoms. The number of pyridine rings is 1. The summed E-state index contributed by atoms with van der Waals surface area (Å²) in [4.78, 5) is 18.5. The number of halogens is 1. The van der Waals surface area contributed by atoms with Gasteiger partial charge in [-0.15, -0.1) is 11.6 Å². The molecule has 1 aromatic heterocycles. The highest BCUT2D eigenvalue weighted by atomic mass is 35.5. The Morgan fingerprint density at radius 3 is 3.09 bits per heavy atom. The number of alkyl halides is 1. The average molecular weight is 317 g/mol. The van der Waals surface area contributed by atoms with Crippen molar-refractivity contribution in [3.05, 3.63) is 42.1 Å². The van der Waals surface area contributed by atoms with Gasteiger partial charge in [0.25, 0.3) is 0 Å². The summed E-state index contributed by atoms with van der Waals surface area (Å²) >= 11 is 5.68. The first kappa shape index (κ1) is 15.3. The molecule has 22 heavy (non-hydrogen) atoms. The molecular formula is C18H21ClN2O. The second kappa shape index (κ2) is 7.10. The molecule has 0 radical (unpaired) electrons. The number of piperidine rings is 1. The fourth-order valence-corrected chi connectivity index (χ4v) is 3.42. The number of carbonyl (C=O) groups excluding carboxylic acids is 1. The number of rotatable bonds is 4. The topological polar surface area (TPSA) is 33.2 Å². The minimum Gasteiger partial charge on any atom is -0.342 e. The molecule has 2 heterocycles. The maximum Gasteiger partial charge on any atom is 0.223 e. The van der Waals surface area contributed by atoms with Crippen LogP contribution in [0.1, 0.15) is 24.8 Å². The standard InChI is InChI=1S/C18H21ClN2O/c19-8-7-18(22)21-9-3-4-14(13-21)10-15-11-16-5-1-2-6-17(16)20-12-15/h1-2,5-6,11-12,14H,3-4,7-10,13H2. The van der Waals surface area contributed by atoms with E-state index in [2.05, 4.69) is 17.1 Å². The summed E-state index contributed by atoms with van der Waals surface area (Å²) in [6.07, 6.45) is 5.67. The summed E-state index contributed by atoms with van der Waals surface area (Å²) in [6, 6.07) is 10.4. The van der Waals surface area contributed by atoms with E-state index in [-0.39, 0.29) is 5.91 Å². The molecule has 1 fully saturated rings. The molecule has 0 spiro atoms. The molecule has 3 nitrogen and oxygen atoms in total. The summed E-state index contributed by atoms with van der Waals surface area (Å²) in [7, 11) is 0. The second-order valence-corrected chi connectivity index (χ2v) is 6.41. The molecule has 0 saturated carbocycles. The summed E-state index contributed by atoms with van der Waals surface area (Å²) in [5.74, 6) is 1.13. The van der Waals surface area contributed by atoms with Crippen LogP contribution in [0.15, 0.2) is 36.5 Å². The Bertz CT molecular complexity index is 658. The van der Waals surface area contributed by atoms with Gasteiger partial charge in [-0.2, -0.15) is 0 Å². The number of nitrogens with zero attached hydrogens (tertiary/aromatic N) is 2. The van der Waals surface area contributed by atoms with Crippen molar-refractivity contribution >= 4 is 28.4 Å². The number of carbonyl (C=O) groups is 1. The van der Waals surface area contributed by atoms with Gasteiger partial charge in [0.05, 0.1) is 5.52 Å². The van der Waals surface area contributed by atoms with Gasteiger partial charge in [-0.25, -0.2) is 0 Å². The highest BCUT2D eigenvalue weighted by molar-refractivity contribution is 6.18. The molecule has 1 unspecified atom stereocenters.